The lowest BCUT2D eigenvalue weighted by molar-refractivity contribution is -0.139. The molecule has 2 rings (SSSR count). The highest BCUT2D eigenvalue weighted by Crippen LogP contribution is 2.15. The van der Waals surface area contributed by atoms with Gasteiger partial charge >= 0.3 is 11.8 Å². The van der Waals surface area contributed by atoms with Crippen LogP contribution in [0, 0.1) is 0 Å². The second-order valence-electron chi connectivity index (χ2n) is 5.87. The van der Waals surface area contributed by atoms with Gasteiger partial charge in [0.2, 0.25) is 0 Å². The number of nitrogens with one attached hydrogen (secondary N) is 3. The number of hydrazone groups is 1. The molecule has 0 aliphatic heterocycles. The molecule has 0 heterocycles. The summed E-state index contributed by atoms with van der Waals surface area (Å²) in [5, 5.41) is 9.29. The van der Waals surface area contributed by atoms with E-state index < -0.39 is 11.8 Å². The number of amides is 3. The molecule has 0 aliphatic rings. The van der Waals surface area contributed by atoms with Crippen molar-refractivity contribution < 1.29 is 23.9 Å². The zero-order valence-corrected chi connectivity index (χ0v) is 16.9. The first-order valence-electron chi connectivity index (χ1n) is 8.86. The monoisotopic (exact) mass is 432 g/mol. The minimum Gasteiger partial charge on any atom is -0.484 e. The van der Waals surface area contributed by atoms with E-state index in [-0.39, 0.29) is 19.1 Å². The molecule has 0 saturated carbocycles. The molecule has 0 radical (unpaired) electrons. The number of rotatable bonds is 9. The SMILES string of the molecule is COCCNC(=O)C(=O)N/N=C\c1cccc(OCC(=O)Nc2cccc(Cl)c2)c1. The largest absolute Gasteiger partial charge is 0.484 e. The van der Waals surface area contributed by atoms with Crippen LogP contribution in [0.1, 0.15) is 5.56 Å². The maximum atomic E-state index is 12.0. The van der Waals surface area contributed by atoms with Crippen LogP contribution in [-0.2, 0) is 19.1 Å². The number of ether oxygens (including phenoxy) is 2. The van der Waals surface area contributed by atoms with Crippen LogP contribution in [0.2, 0.25) is 5.02 Å². The summed E-state index contributed by atoms with van der Waals surface area (Å²) in [6.45, 7) is 0.314. The van der Waals surface area contributed by atoms with Crippen LogP contribution in [0.5, 0.6) is 5.75 Å². The summed E-state index contributed by atoms with van der Waals surface area (Å²) in [5.74, 6) is -1.62. The molecule has 0 spiro atoms. The summed E-state index contributed by atoms with van der Waals surface area (Å²) < 4.78 is 10.2. The van der Waals surface area contributed by atoms with Crippen LogP contribution in [0.4, 0.5) is 5.69 Å². The van der Waals surface area contributed by atoms with Gasteiger partial charge in [-0.15, -0.1) is 0 Å². The highest BCUT2D eigenvalue weighted by molar-refractivity contribution is 6.35. The predicted octanol–water partition coefficient (Wildman–Crippen LogP) is 1.57. The minimum absolute atomic E-state index is 0.203. The number of benzene rings is 2. The van der Waals surface area contributed by atoms with Crippen LogP contribution in [0.3, 0.4) is 0 Å². The van der Waals surface area contributed by atoms with E-state index in [0.717, 1.165) is 0 Å². The van der Waals surface area contributed by atoms with Gasteiger partial charge in [-0.2, -0.15) is 5.10 Å². The number of anilines is 1. The average molecular weight is 433 g/mol. The van der Waals surface area contributed by atoms with Crippen LogP contribution in [0.25, 0.3) is 0 Å². The predicted molar refractivity (Wildman–Crippen MR) is 113 cm³/mol. The molecule has 30 heavy (non-hydrogen) atoms. The maximum absolute atomic E-state index is 12.0. The summed E-state index contributed by atoms with van der Waals surface area (Å²) in [7, 11) is 1.49. The third kappa shape index (κ3) is 8.29. The Morgan fingerprint density at radius 1 is 1.10 bits per heavy atom. The number of carbonyl (C=O) groups is 3. The molecule has 0 fully saturated rings. The van der Waals surface area contributed by atoms with Gasteiger partial charge in [0.1, 0.15) is 5.75 Å². The zero-order chi connectivity index (χ0) is 21.8. The first-order chi connectivity index (χ1) is 14.5. The van der Waals surface area contributed by atoms with Gasteiger partial charge in [-0.05, 0) is 35.9 Å². The summed E-state index contributed by atoms with van der Waals surface area (Å²) in [6.07, 6.45) is 1.35. The number of hydrogen-bond acceptors (Lipinski definition) is 6. The number of methoxy groups -OCH3 is 1. The molecular weight excluding hydrogens is 412 g/mol. The van der Waals surface area contributed by atoms with Gasteiger partial charge in [0.25, 0.3) is 5.91 Å². The fourth-order valence-electron chi connectivity index (χ4n) is 2.16. The first-order valence-corrected chi connectivity index (χ1v) is 9.24. The lowest BCUT2D eigenvalue weighted by Crippen LogP contribution is -2.39. The Labute approximate surface area is 178 Å². The molecule has 2 aromatic rings. The van der Waals surface area contributed by atoms with Crippen molar-refractivity contribution in [3.8, 4) is 5.75 Å². The van der Waals surface area contributed by atoms with Gasteiger partial charge in [0.05, 0.1) is 12.8 Å². The lowest BCUT2D eigenvalue weighted by atomic mass is 10.2. The van der Waals surface area contributed by atoms with Crippen molar-refractivity contribution in [2.45, 2.75) is 0 Å². The number of hydrogen-bond donors (Lipinski definition) is 3. The number of halogens is 1. The van der Waals surface area contributed by atoms with Gasteiger partial charge in [0, 0.05) is 24.4 Å². The molecule has 0 unspecified atom stereocenters. The molecule has 0 aliphatic carbocycles. The van der Waals surface area contributed by atoms with Gasteiger partial charge in [0.15, 0.2) is 6.61 Å². The third-order valence-electron chi connectivity index (χ3n) is 3.51. The van der Waals surface area contributed by atoms with Gasteiger partial charge < -0.3 is 20.1 Å². The number of carbonyl (C=O) groups excluding carboxylic acids is 3. The minimum atomic E-state index is -0.896. The molecule has 9 nitrogen and oxygen atoms in total. The van der Waals surface area contributed by atoms with E-state index in [1.165, 1.54) is 13.3 Å². The highest BCUT2D eigenvalue weighted by Gasteiger charge is 2.11. The van der Waals surface area contributed by atoms with E-state index in [2.05, 4.69) is 21.2 Å². The van der Waals surface area contributed by atoms with E-state index in [0.29, 0.717) is 28.6 Å². The molecular formula is C20H21ClN4O5. The van der Waals surface area contributed by atoms with E-state index in [9.17, 15) is 14.4 Å². The quantitative estimate of drug-likeness (QED) is 0.240. The van der Waals surface area contributed by atoms with Crippen molar-refractivity contribution in [2.24, 2.45) is 5.10 Å². The lowest BCUT2D eigenvalue weighted by Gasteiger charge is -2.08. The molecule has 2 aromatic carbocycles. The maximum Gasteiger partial charge on any atom is 0.329 e. The molecule has 0 aromatic heterocycles. The Balaban J connectivity index is 1.81. The van der Waals surface area contributed by atoms with E-state index in [1.54, 1.807) is 48.5 Å². The van der Waals surface area contributed by atoms with E-state index in [4.69, 9.17) is 21.1 Å². The second-order valence-corrected chi connectivity index (χ2v) is 6.30. The Morgan fingerprint density at radius 2 is 1.90 bits per heavy atom. The Morgan fingerprint density at radius 3 is 2.67 bits per heavy atom. The second kappa shape index (κ2) is 12.2. The number of nitrogens with zero attached hydrogens (tertiary/aromatic N) is 1. The molecule has 0 bridgehead atoms. The van der Waals surface area contributed by atoms with Crippen molar-refractivity contribution in [3.05, 3.63) is 59.1 Å². The van der Waals surface area contributed by atoms with Crippen molar-refractivity contribution in [2.75, 3.05) is 32.2 Å². The fraction of sp³-hybridized carbons (Fsp3) is 0.200. The first kappa shape index (κ1) is 22.9. The van der Waals surface area contributed by atoms with Gasteiger partial charge in [-0.3, -0.25) is 14.4 Å². The normalized spacial score (nSPS) is 10.5. The highest BCUT2D eigenvalue weighted by atomic mass is 35.5. The van der Waals surface area contributed by atoms with E-state index >= 15 is 0 Å². The van der Waals surface area contributed by atoms with Crippen molar-refractivity contribution >= 4 is 41.2 Å². The Kier molecular flexibility index (Phi) is 9.29. The fourth-order valence-corrected chi connectivity index (χ4v) is 2.35. The third-order valence-corrected chi connectivity index (χ3v) is 3.75. The van der Waals surface area contributed by atoms with Crippen molar-refractivity contribution in [1.29, 1.82) is 0 Å². The Bertz CT molecular complexity index is 920. The standard InChI is InChI=1S/C20H21ClN4O5/c1-29-9-8-22-19(27)20(28)25-23-12-14-4-2-7-17(10-14)30-13-18(26)24-16-6-3-5-15(21)11-16/h2-7,10-12H,8-9,13H2,1H3,(H,22,27)(H,24,26)(H,25,28)/b23-12-. The van der Waals surface area contributed by atoms with Crippen molar-refractivity contribution in [1.82, 2.24) is 10.7 Å². The van der Waals surface area contributed by atoms with Crippen LogP contribution < -0.4 is 20.8 Å². The summed E-state index contributed by atoms with van der Waals surface area (Å²) in [4.78, 5) is 35.1. The molecule has 0 atom stereocenters. The van der Waals surface area contributed by atoms with E-state index in [1.807, 2.05) is 0 Å². The van der Waals surface area contributed by atoms with Crippen LogP contribution in [-0.4, -0.2) is 50.8 Å². The molecule has 10 heteroatoms. The zero-order valence-electron chi connectivity index (χ0n) is 16.2. The van der Waals surface area contributed by atoms with Gasteiger partial charge in [-0.1, -0.05) is 29.8 Å². The topological polar surface area (TPSA) is 118 Å². The van der Waals surface area contributed by atoms with Crippen LogP contribution in [0.15, 0.2) is 53.6 Å². The summed E-state index contributed by atoms with van der Waals surface area (Å²) >= 11 is 5.88. The molecule has 0 saturated heterocycles. The van der Waals surface area contributed by atoms with Crippen LogP contribution >= 0.6 is 11.6 Å². The smallest absolute Gasteiger partial charge is 0.329 e. The average Bonchev–Trinajstić information content (AvgIpc) is 2.72. The summed E-state index contributed by atoms with van der Waals surface area (Å²) in [5.41, 5.74) is 3.29. The molecule has 3 N–H and O–H groups in total. The summed E-state index contributed by atoms with van der Waals surface area (Å²) in [6, 6.07) is 13.5. The molecule has 3 amide bonds. The van der Waals surface area contributed by atoms with Gasteiger partial charge in [-0.25, -0.2) is 5.43 Å². The Hall–Kier alpha value is -3.43. The molecule has 158 valence electrons. The van der Waals surface area contributed by atoms with Crippen molar-refractivity contribution in [3.63, 3.8) is 0 Å².